The van der Waals surface area contributed by atoms with Crippen molar-refractivity contribution in [2.75, 3.05) is 26.7 Å². The molecule has 0 saturated carbocycles. The van der Waals surface area contributed by atoms with Crippen LogP contribution in [0.4, 0.5) is 0 Å². The van der Waals surface area contributed by atoms with E-state index in [0.29, 0.717) is 12.5 Å². The molecule has 2 N–H and O–H groups in total. The Morgan fingerprint density at radius 2 is 1.78 bits per heavy atom. The zero-order chi connectivity index (χ0) is 13.5. The number of rotatable bonds is 7. The summed E-state index contributed by atoms with van der Waals surface area (Å²) in [7, 11) is 1.96. The molecular weight excluding hydrogens is 226 g/mol. The van der Waals surface area contributed by atoms with Crippen molar-refractivity contribution < 1.29 is 10.2 Å². The molecular formula is C15H25NO2. The molecule has 0 amide bonds. The van der Waals surface area contributed by atoms with Gasteiger partial charge in [0.1, 0.15) is 0 Å². The fourth-order valence-electron chi connectivity index (χ4n) is 1.90. The van der Waals surface area contributed by atoms with E-state index in [1.807, 2.05) is 11.9 Å². The molecule has 0 spiro atoms. The van der Waals surface area contributed by atoms with Gasteiger partial charge in [-0.25, -0.2) is 0 Å². The Labute approximate surface area is 110 Å². The Hall–Kier alpha value is -0.900. The average Bonchev–Trinajstić information content (AvgIpc) is 2.36. The van der Waals surface area contributed by atoms with Crippen molar-refractivity contribution in [2.45, 2.75) is 32.3 Å². The molecule has 3 nitrogen and oxygen atoms in total. The van der Waals surface area contributed by atoms with Crippen molar-refractivity contribution in [2.24, 2.45) is 0 Å². The predicted molar refractivity (Wildman–Crippen MR) is 74.8 cm³/mol. The van der Waals surface area contributed by atoms with E-state index < -0.39 is 6.10 Å². The average molecular weight is 251 g/mol. The summed E-state index contributed by atoms with van der Waals surface area (Å²) in [5, 5.41) is 18.1. The van der Waals surface area contributed by atoms with Crippen LogP contribution in [0.15, 0.2) is 24.3 Å². The lowest BCUT2D eigenvalue weighted by atomic mass is 10.0. The van der Waals surface area contributed by atoms with E-state index in [1.165, 1.54) is 11.1 Å². The standard InChI is InChI=1S/C15H25NO2/c1-12(2)14-6-4-13(5-7-14)8-9-16(3)10-15(18)11-17/h4-7,12,15,17-18H,8-11H2,1-3H3. The third-order valence-electron chi connectivity index (χ3n) is 3.16. The van der Waals surface area contributed by atoms with Gasteiger partial charge in [-0.1, -0.05) is 38.1 Å². The van der Waals surface area contributed by atoms with E-state index in [-0.39, 0.29) is 6.61 Å². The normalized spacial score (nSPS) is 13.3. The van der Waals surface area contributed by atoms with Crippen LogP contribution in [0.1, 0.15) is 30.9 Å². The molecule has 3 heteroatoms. The highest BCUT2D eigenvalue weighted by molar-refractivity contribution is 5.24. The van der Waals surface area contributed by atoms with Crippen LogP contribution in [0.25, 0.3) is 0 Å². The summed E-state index contributed by atoms with van der Waals surface area (Å²) >= 11 is 0. The van der Waals surface area contributed by atoms with E-state index in [0.717, 1.165) is 13.0 Å². The molecule has 0 heterocycles. The van der Waals surface area contributed by atoms with E-state index >= 15 is 0 Å². The molecule has 0 saturated heterocycles. The maximum atomic E-state index is 9.33. The Balaban J connectivity index is 2.39. The molecule has 1 rings (SSSR count). The largest absolute Gasteiger partial charge is 0.394 e. The van der Waals surface area contributed by atoms with Crippen LogP contribution in [-0.2, 0) is 6.42 Å². The number of hydrogen-bond donors (Lipinski definition) is 2. The van der Waals surface area contributed by atoms with Crippen molar-refractivity contribution in [3.63, 3.8) is 0 Å². The molecule has 1 atom stereocenters. The first-order valence-corrected chi connectivity index (χ1v) is 6.59. The number of likely N-dealkylation sites (N-methyl/N-ethyl adjacent to an activating group) is 1. The van der Waals surface area contributed by atoms with Crippen molar-refractivity contribution in [1.82, 2.24) is 4.90 Å². The van der Waals surface area contributed by atoms with Crippen molar-refractivity contribution in [3.05, 3.63) is 35.4 Å². The first-order valence-electron chi connectivity index (χ1n) is 6.59. The molecule has 0 aliphatic carbocycles. The molecule has 1 unspecified atom stereocenters. The third kappa shape index (κ3) is 5.17. The second kappa shape index (κ2) is 7.52. The molecule has 1 aromatic rings. The fraction of sp³-hybridized carbons (Fsp3) is 0.600. The van der Waals surface area contributed by atoms with Crippen LogP contribution in [0.5, 0.6) is 0 Å². The van der Waals surface area contributed by atoms with Crippen LogP contribution in [-0.4, -0.2) is 48.0 Å². The highest BCUT2D eigenvalue weighted by Gasteiger charge is 2.06. The SMILES string of the molecule is CC(C)c1ccc(CCN(C)CC(O)CO)cc1. The van der Waals surface area contributed by atoms with Gasteiger partial charge in [-0.3, -0.25) is 0 Å². The van der Waals surface area contributed by atoms with Gasteiger partial charge in [-0.2, -0.15) is 0 Å². The molecule has 0 aromatic heterocycles. The van der Waals surface area contributed by atoms with Gasteiger partial charge in [-0.15, -0.1) is 0 Å². The quantitative estimate of drug-likeness (QED) is 0.774. The van der Waals surface area contributed by atoms with Gasteiger partial charge < -0.3 is 15.1 Å². The van der Waals surface area contributed by atoms with Crippen molar-refractivity contribution >= 4 is 0 Å². The van der Waals surface area contributed by atoms with E-state index in [4.69, 9.17) is 5.11 Å². The zero-order valence-corrected chi connectivity index (χ0v) is 11.6. The van der Waals surface area contributed by atoms with Gasteiger partial charge in [0.05, 0.1) is 12.7 Å². The summed E-state index contributed by atoms with van der Waals surface area (Å²) in [6, 6.07) is 8.71. The third-order valence-corrected chi connectivity index (χ3v) is 3.16. The predicted octanol–water partition coefficient (Wildman–Crippen LogP) is 1.64. The highest BCUT2D eigenvalue weighted by atomic mass is 16.3. The number of hydrogen-bond acceptors (Lipinski definition) is 3. The van der Waals surface area contributed by atoms with E-state index in [1.54, 1.807) is 0 Å². The maximum Gasteiger partial charge on any atom is 0.0897 e. The molecule has 0 fully saturated rings. The number of aliphatic hydroxyl groups is 2. The fourth-order valence-corrected chi connectivity index (χ4v) is 1.90. The summed E-state index contributed by atoms with van der Waals surface area (Å²) in [6.07, 6.45) is 0.325. The first kappa shape index (κ1) is 15.2. The Morgan fingerprint density at radius 3 is 2.28 bits per heavy atom. The van der Waals surface area contributed by atoms with E-state index in [2.05, 4.69) is 38.1 Å². The zero-order valence-electron chi connectivity index (χ0n) is 11.6. The topological polar surface area (TPSA) is 43.7 Å². The smallest absolute Gasteiger partial charge is 0.0897 e. The summed E-state index contributed by atoms with van der Waals surface area (Å²) in [4.78, 5) is 2.04. The number of benzene rings is 1. The molecule has 0 radical (unpaired) electrons. The van der Waals surface area contributed by atoms with Gasteiger partial charge in [0.25, 0.3) is 0 Å². The molecule has 0 aliphatic heterocycles. The second-order valence-corrected chi connectivity index (χ2v) is 5.24. The second-order valence-electron chi connectivity index (χ2n) is 5.24. The minimum Gasteiger partial charge on any atom is -0.394 e. The minimum atomic E-state index is -0.640. The van der Waals surface area contributed by atoms with E-state index in [9.17, 15) is 5.11 Å². The molecule has 0 aliphatic rings. The Morgan fingerprint density at radius 1 is 1.17 bits per heavy atom. The lowest BCUT2D eigenvalue weighted by molar-refractivity contribution is 0.0669. The minimum absolute atomic E-state index is 0.173. The van der Waals surface area contributed by atoms with Crippen LogP contribution >= 0.6 is 0 Å². The van der Waals surface area contributed by atoms with Crippen LogP contribution in [0.2, 0.25) is 0 Å². The molecule has 102 valence electrons. The lowest BCUT2D eigenvalue weighted by Gasteiger charge is -2.19. The van der Waals surface area contributed by atoms with Crippen molar-refractivity contribution in [1.29, 1.82) is 0 Å². The van der Waals surface area contributed by atoms with Crippen molar-refractivity contribution in [3.8, 4) is 0 Å². The summed E-state index contributed by atoms with van der Waals surface area (Å²) in [5.74, 6) is 0.571. The summed E-state index contributed by atoms with van der Waals surface area (Å²) in [5.41, 5.74) is 2.67. The van der Waals surface area contributed by atoms with Gasteiger partial charge >= 0.3 is 0 Å². The number of nitrogens with zero attached hydrogens (tertiary/aromatic N) is 1. The van der Waals surface area contributed by atoms with Gasteiger partial charge in [0, 0.05) is 13.1 Å². The first-order chi connectivity index (χ1) is 8.52. The van der Waals surface area contributed by atoms with Gasteiger partial charge in [0.15, 0.2) is 0 Å². The highest BCUT2D eigenvalue weighted by Crippen LogP contribution is 2.14. The van der Waals surface area contributed by atoms with Crippen LogP contribution in [0, 0.1) is 0 Å². The van der Waals surface area contributed by atoms with Crippen LogP contribution in [0.3, 0.4) is 0 Å². The summed E-state index contributed by atoms with van der Waals surface area (Å²) in [6.45, 7) is 5.62. The van der Waals surface area contributed by atoms with Gasteiger partial charge in [0.2, 0.25) is 0 Å². The van der Waals surface area contributed by atoms with Gasteiger partial charge in [-0.05, 0) is 30.5 Å². The monoisotopic (exact) mass is 251 g/mol. The lowest BCUT2D eigenvalue weighted by Crippen LogP contribution is -2.32. The Bertz CT molecular complexity index is 335. The molecule has 1 aromatic carbocycles. The molecule has 0 bridgehead atoms. The summed E-state index contributed by atoms with van der Waals surface area (Å²) < 4.78 is 0. The number of aliphatic hydroxyl groups excluding tert-OH is 2. The molecule has 18 heavy (non-hydrogen) atoms. The van der Waals surface area contributed by atoms with Crippen LogP contribution < -0.4 is 0 Å². The Kier molecular flexibility index (Phi) is 6.33. The maximum absolute atomic E-state index is 9.33.